The van der Waals surface area contributed by atoms with Crippen molar-refractivity contribution in [2.45, 2.75) is 47.0 Å². The van der Waals surface area contributed by atoms with Crippen LogP contribution in [-0.4, -0.2) is 0 Å². The monoisotopic (exact) mass is 1090 g/mol. The van der Waals surface area contributed by atoms with E-state index in [2.05, 4.69) is 306 Å². The van der Waals surface area contributed by atoms with Crippen molar-refractivity contribution < 1.29 is 8.83 Å². The average Bonchev–Trinajstić information content (AvgIpc) is 1.59. The van der Waals surface area contributed by atoms with Gasteiger partial charge < -0.3 is 18.6 Å². The van der Waals surface area contributed by atoms with Crippen LogP contribution in [0.15, 0.2) is 276 Å². The van der Waals surface area contributed by atoms with Crippen molar-refractivity contribution in [1.82, 2.24) is 0 Å². The molecule has 85 heavy (non-hydrogen) atoms. The Morgan fingerprint density at radius 2 is 0.729 bits per heavy atom. The molecule has 4 heteroatoms. The lowest BCUT2D eigenvalue weighted by molar-refractivity contribution is 0.0977. The maximum Gasteiger partial charge on any atom is 0.159 e. The average molecular weight is 1100 g/mol. The minimum Gasteiger partial charge on any atom is -0.454 e. The summed E-state index contributed by atoms with van der Waals surface area (Å²) in [6.45, 7) is 14.9. The third-order valence-electron chi connectivity index (χ3n) is 18.5. The number of rotatable bonds is 8. The number of para-hydroxylation sites is 6. The molecule has 0 N–H and O–H groups in total. The highest BCUT2D eigenvalue weighted by Gasteiger charge is 2.59. The predicted octanol–water partition coefficient (Wildman–Crippen LogP) is 23.6. The van der Waals surface area contributed by atoms with Crippen LogP contribution >= 0.6 is 0 Å². The van der Waals surface area contributed by atoms with Gasteiger partial charge in [0.25, 0.3) is 0 Å². The lowest BCUT2D eigenvalue weighted by Crippen LogP contribution is -2.50. The van der Waals surface area contributed by atoms with Gasteiger partial charge in [-0.15, -0.1) is 0 Å². The second-order valence-electron chi connectivity index (χ2n) is 25.2. The quantitative estimate of drug-likeness (QED) is 0.142. The third kappa shape index (κ3) is 7.61. The summed E-state index contributed by atoms with van der Waals surface area (Å²) in [5.74, 6) is 0. The van der Waals surface area contributed by atoms with Crippen LogP contribution in [0.3, 0.4) is 0 Å². The van der Waals surface area contributed by atoms with E-state index in [-0.39, 0.29) is 10.8 Å². The highest BCUT2D eigenvalue weighted by atomic mass is 16.3. The van der Waals surface area contributed by atoms with Crippen LogP contribution in [0.2, 0.25) is 0 Å². The van der Waals surface area contributed by atoms with E-state index in [1.54, 1.807) is 0 Å². The van der Waals surface area contributed by atoms with E-state index in [0.29, 0.717) is 0 Å². The Morgan fingerprint density at radius 3 is 1.27 bits per heavy atom. The first kappa shape index (κ1) is 50.6. The van der Waals surface area contributed by atoms with E-state index in [4.69, 9.17) is 8.83 Å². The summed E-state index contributed by atoms with van der Waals surface area (Å²) >= 11 is 0. The van der Waals surface area contributed by atoms with Gasteiger partial charge in [-0.05, 0) is 173 Å². The van der Waals surface area contributed by atoms with Crippen LogP contribution in [0.4, 0.5) is 34.1 Å². The largest absolute Gasteiger partial charge is 0.454 e. The molecular formula is C81H62N2O2. The van der Waals surface area contributed by atoms with E-state index < -0.39 is 5.41 Å². The molecule has 0 unspecified atom stereocenters. The lowest BCUT2D eigenvalue weighted by Gasteiger charge is -2.54. The van der Waals surface area contributed by atoms with Gasteiger partial charge in [-0.25, -0.2) is 0 Å². The third-order valence-corrected chi connectivity index (χ3v) is 18.5. The smallest absolute Gasteiger partial charge is 0.159 e. The van der Waals surface area contributed by atoms with Gasteiger partial charge in [0.2, 0.25) is 0 Å². The van der Waals surface area contributed by atoms with Gasteiger partial charge in [0.1, 0.15) is 11.2 Å². The number of benzene rings is 13. The number of hydrogen-bond acceptors (Lipinski definition) is 4. The van der Waals surface area contributed by atoms with Gasteiger partial charge in [-0.2, -0.15) is 0 Å². The molecule has 4 nitrogen and oxygen atoms in total. The molecule has 1 aliphatic rings. The predicted molar refractivity (Wildman–Crippen MR) is 359 cm³/mol. The SMILES string of the molecule is CC(C)(C)C1(C(C)(C)C)c2c(ccc3cc(-c4cccc(N(c5ccccc5)c5cccc6c5oc5ccccc56)c4)ccc23)-c2c1c1ccc(-c3cccc(N(c4ccccc4)c4cccc5c4oc4ccccc45)c3)cc1c1ccccc21. The Balaban J connectivity index is 0.845. The van der Waals surface area contributed by atoms with Crippen LogP contribution in [0.5, 0.6) is 0 Å². The molecule has 15 aromatic rings. The van der Waals surface area contributed by atoms with E-state index in [9.17, 15) is 0 Å². The lowest BCUT2D eigenvalue weighted by atomic mass is 9.49. The van der Waals surface area contributed by atoms with Crippen molar-refractivity contribution in [3.8, 4) is 33.4 Å². The van der Waals surface area contributed by atoms with Gasteiger partial charge in [-0.3, -0.25) is 0 Å². The Labute approximate surface area is 495 Å². The Bertz CT molecular complexity index is 5150. The zero-order valence-corrected chi connectivity index (χ0v) is 48.6. The summed E-state index contributed by atoms with van der Waals surface area (Å²) in [6, 6.07) is 97.4. The number of furan rings is 2. The second kappa shape index (κ2) is 18.9. The number of hydrogen-bond donors (Lipinski definition) is 0. The normalized spacial score (nSPS) is 13.2. The molecule has 2 heterocycles. The summed E-state index contributed by atoms with van der Waals surface area (Å²) in [4.78, 5) is 4.67. The van der Waals surface area contributed by atoms with Crippen molar-refractivity contribution in [3.63, 3.8) is 0 Å². The summed E-state index contributed by atoms with van der Waals surface area (Å²) in [7, 11) is 0. The molecule has 0 saturated heterocycles. The van der Waals surface area contributed by atoms with Crippen LogP contribution in [0.1, 0.15) is 52.7 Å². The minimum atomic E-state index is -0.420. The molecule has 0 amide bonds. The number of anilines is 6. The Hall–Kier alpha value is -10.2. The summed E-state index contributed by atoms with van der Waals surface area (Å²) in [5, 5.41) is 12.1. The summed E-state index contributed by atoms with van der Waals surface area (Å²) < 4.78 is 13.4. The fourth-order valence-corrected chi connectivity index (χ4v) is 15.4. The van der Waals surface area contributed by atoms with Crippen molar-refractivity contribution in [2.24, 2.45) is 10.8 Å². The first-order valence-corrected chi connectivity index (χ1v) is 29.7. The Kier molecular flexibility index (Phi) is 11.3. The molecule has 16 rings (SSSR count). The molecule has 13 aromatic carbocycles. The maximum absolute atomic E-state index is 6.69. The second-order valence-corrected chi connectivity index (χ2v) is 25.2. The zero-order valence-electron chi connectivity index (χ0n) is 48.6. The van der Waals surface area contributed by atoms with Crippen molar-refractivity contribution in [3.05, 3.63) is 278 Å². The molecule has 0 spiro atoms. The van der Waals surface area contributed by atoms with Crippen LogP contribution in [0.25, 0.3) is 110 Å². The zero-order chi connectivity index (χ0) is 57.3. The van der Waals surface area contributed by atoms with E-state index in [1.165, 1.54) is 65.7 Å². The van der Waals surface area contributed by atoms with Gasteiger partial charge in [-0.1, -0.05) is 224 Å². The number of nitrogens with zero attached hydrogens (tertiary/aromatic N) is 2. The maximum atomic E-state index is 6.69. The fourth-order valence-electron chi connectivity index (χ4n) is 15.4. The summed E-state index contributed by atoms with van der Waals surface area (Å²) in [5.41, 5.74) is 19.0. The molecule has 0 radical (unpaired) electrons. The van der Waals surface area contributed by atoms with Crippen LogP contribution < -0.4 is 9.80 Å². The van der Waals surface area contributed by atoms with Crippen molar-refractivity contribution in [2.75, 3.05) is 9.80 Å². The van der Waals surface area contributed by atoms with E-state index in [0.717, 1.165) is 89.1 Å². The minimum absolute atomic E-state index is 0.220. The summed E-state index contributed by atoms with van der Waals surface area (Å²) in [6.07, 6.45) is 0. The van der Waals surface area contributed by atoms with Gasteiger partial charge in [0.15, 0.2) is 11.2 Å². The van der Waals surface area contributed by atoms with E-state index >= 15 is 0 Å². The number of fused-ring (bicyclic) bond motifs is 16. The Morgan fingerprint density at radius 1 is 0.294 bits per heavy atom. The molecule has 0 saturated carbocycles. The molecule has 0 fully saturated rings. The molecule has 2 aromatic heterocycles. The first-order chi connectivity index (χ1) is 41.4. The van der Waals surface area contributed by atoms with Gasteiger partial charge in [0.05, 0.1) is 11.4 Å². The molecule has 0 atom stereocenters. The van der Waals surface area contributed by atoms with Crippen LogP contribution in [-0.2, 0) is 5.41 Å². The van der Waals surface area contributed by atoms with Crippen molar-refractivity contribution >= 4 is 110 Å². The van der Waals surface area contributed by atoms with Gasteiger partial charge >= 0.3 is 0 Å². The highest BCUT2D eigenvalue weighted by Crippen LogP contribution is 2.68. The molecule has 0 bridgehead atoms. The van der Waals surface area contributed by atoms with Crippen molar-refractivity contribution in [1.29, 1.82) is 0 Å². The first-order valence-electron chi connectivity index (χ1n) is 29.7. The van der Waals surface area contributed by atoms with E-state index in [1.807, 2.05) is 12.1 Å². The molecule has 408 valence electrons. The topological polar surface area (TPSA) is 32.8 Å². The highest BCUT2D eigenvalue weighted by molar-refractivity contribution is 6.21. The van der Waals surface area contributed by atoms with Gasteiger partial charge in [0, 0.05) is 49.7 Å². The fraction of sp³-hybridized carbons (Fsp3) is 0.111. The molecule has 1 aliphatic carbocycles. The van der Waals surface area contributed by atoms with Crippen LogP contribution in [0, 0.1) is 10.8 Å². The standard InChI is InChI=1S/C81H62N2O2/c1-79(2,3)81(80(4,5)6)75-60-44-41-53(51-23-19-29-58(48-51)82(56-25-9-7-10-26-56)70-37-21-35-66-62-32-15-17-39-72(62)84-77(66)70)47-55(60)43-46-68(75)74-64-34-14-13-31-61(64)69-50-54(42-45-65(69)76(74)81)52-24-20-30-59(49-52)83(57-27-11-8-12-28-57)71-38-22-36-67-63-33-16-18-40-73(63)85-78(67)71/h7-50H,1-6H3. The molecule has 0 aliphatic heterocycles. The molecular weight excluding hydrogens is 1030 g/mol.